The van der Waals surface area contributed by atoms with Gasteiger partial charge in [0.15, 0.2) is 12.2 Å². The number of carbonyl (C=O) groups excluding carboxylic acids is 3. The van der Waals surface area contributed by atoms with Crippen molar-refractivity contribution in [1.29, 1.82) is 0 Å². The molecular formula is C18H20ClIO8. The van der Waals surface area contributed by atoms with E-state index in [0.717, 1.165) is 0 Å². The molecule has 1 aromatic rings. The number of halogens is 2. The minimum Gasteiger partial charge on any atom is -0.461 e. The average Bonchev–Trinajstić information content (AvgIpc) is 2.60. The Bertz CT molecular complexity index is 710. The highest BCUT2D eigenvalue weighted by molar-refractivity contribution is 14.1. The van der Waals surface area contributed by atoms with Gasteiger partial charge in [0, 0.05) is 30.2 Å². The molecule has 0 N–H and O–H groups in total. The summed E-state index contributed by atoms with van der Waals surface area (Å²) in [4.78, 5) is 34.9. The minimum atomic E-state index is -1.15. The van der Waals surface area contributed by atoms with Crippen LogP contribution in [0.4, 0.5) is 0 Å². The lowest BCUT2D eigenvalue weighted by Crippen LogP contribution is -2.63. The summed E-state index contributed by atoms with van der Waals surface area (Å²) in [5.74, 6) is -1.44. The zero-order valence-electron chi connectivity index (χ0n) is 15.4. The number of rotatable bonds is 6. The molecule has 0 aromatic heterocycles. The summed E-state index contributed by atoms with van der Waals surface area (Å²) in [7, 11) is 0. The summed E-state index contributed by atoms with van der Waals surface area (Å²) in [5, 5.41) is 0.520. The molecule has 0 amide bonds. The Kier molecular flexibility index (Phi) is 8.32. The van der Waals surface area contributed by atoms with Crippen molar-refractivity contribution in [2.45, 2.75) is 51.5 Å². The molecule has 0 spiro atoms. The van der Waals surface area contributed by atoms with E-state index in [1.807, 2.05) is 0 Å². The quantitative estimate of drug-likeness (QED) is 0.242. The van der Waals surface area contributed by atoms with Crippen molar-refractivity contribution >= 4 is 52.1 Å². The molecule has 1 saturated heterocycles. The van der Waals surface area contributed by atoms with Crippen LogP contribution >= 0.6 is 34.2 Å². The minimum absolute atomic E-state index is 0.404. The molecule has 8 nitrogen and oxygen atoms in total. The fraction of sp³-hybridized carbons (Fsp3) is 0.500. The predicted molar refractivity (Wildman–Crippen MR) is 106 cm³/mol. The maximum Gasteiger partial charge on any atom is 0.303 e. The van der Waals surface area contributed by atoms with Gasteiger partial charge in [0.25, 0.3) is 0 Å². The fourth-order valence-electron chi connectivity index (χ4n) is 2.72. The van der Waals surface area contributed by atoms with Crippen molar-refractivity contribution in [2.24, 2.45) is 0 Å². The van der Waals surface area contributed by atoms with E-state index in [9.17, 15) is 14.4 Å². The lowest BCUT2D eigenvalue weighted by Gasteiger charge is -2.43. The van der Waals surface area contributed by atoms with Crippen LogP contribution in [-0.4, -0.2) is 53.0 Å². The van der Waals surface area contributed by atoms with Crippen molar-refractivity contribution in [2.75, 3.05) is 4.43 Å². The van der Waals surface area contributed by atoms with E-state index >= 15 is 0 Å². The molecule has 5 atom stereocenters. The number of hydrogen-bond donors (Lipinski definition) is 0. The highest BCUT2D eigenvalue weighted by atomic mass is 127. The summed E-state index contributed by atoms with van der Waals surface area (Å²) in [5.41, 5.74) is 0. The van der Waals surface area contributed by atoms with E-state index in [0.29, 0.717) is 15.2 Å². The van der Waals surface area contributed by atoms with Gasteiger partial charge in [-0.05, 0) is 24.3 Å². The Hall–Kier alpha value is -1.59. The van der Waals surface area contributed by atoms with Crippen molar-refractivity contribution in [3.8, 4) is 5.75 Å². The van der Waals surface area contributed by atoms with E-state index in [1.165, 1.54) is 20.8 Å². The first-order valence-electron chi connectivity index (χ1n) is 8.36. The van der Waals surface area contributed by atoms with Crippen molar-refractivity contribution < 1.29 is 38.1 Å². The van der Waals surface area contributed by atoms with Gasteiger partial charge in [-0.2, -0.15) is 0 Å². The molecule has 2 rings (SSSR count). The molecule has 1 heterocycles. The van der Waals surface area contributed by atoms with E-state index in [-0.39, 0.29) is 0 Å². The van der Waals surface area contributed by atoms with Crippen LogP contribution in [0.1, 0.15) is 20.8 Å². The van der Waals surface area contributed by atoms with Crippen LogP contribution in [0.2, 0.25) is 5.02 Å². The van der Waals surface area contributed by atoms with Gasteiger partial charge in [-0.15, -0.1) is 0 Å². The SMILES string of the molecule is CC(=O)O[C@@H]1[C@@H](OC(C)=O)[C@@H](Oc2ccc(Cl)cc2)O[C@@H](CI)[C@H]1OC(C)=O. The highest BCUT2D eigenvalue weighted by Crippen LogP contribution is 2.31. The zero-order valence-corrected chi connectivity index (χ0v) is 18.3. The van der Waals surface area contributed by atoms with E-state index in [2.05, 4.69) is 22.6 Å². The number of hydrogen-bond acceptors (Lipinski definition) is 8. The summed E-state index contributed by atoms with van der Waals surface area (Å²) < 4.78 is 28.1. The molecule has 0 aliphatic carbocycles. The van der Waals surface area contributed by atoms with Crippen LogP contribution in [-0.2, 0) is 33.3 Å². The van der Waals surface area contributed by atoms with Gasteiger partial charge in [-0.25, -0.2) is 0 Å². The van der Waals surface area contributed by atoms with Gasteiger partial charge in [0.05, 0.1) is 0 Å². The first kappa shape index (κ1) is 22.7. The van der Waals surface area contributed by atoms with Crippen molar-refractivity contribution in [1.82, 2.24) is 0 Å². The number of ether oxygens (including phenoxy) is 5. The highest BCUT2D eigenvalue weighted by Gasteiger charge is 2.52. The summed E-state index contributed by atoms with van der Waals surface area (Å²) in [6.07, 6.45) is -4.97. The number of carbonyl (C=O) groups is 3. The standard InChI is InChI=1S/C18H20ClIO8/c1-9(21)24-15-14(8-20)28-18(27-13-6-4-12(19)5-7-13)17(26-11(3)23)16(15)25-10(2)22/h4-7,14-18H,8H2,1-3H3/t14-,15+,16-,17+,18-/m0/s1. The summed E-state index contributed by atoms with van der Waals surface area (Å²) in [6, 6.07) is 6.49. The number of benzene rings is 1. The molecule has 1 fully saturated rings. The third-order valence-corrected chi connectivity index (χ3v) is 4.84. The largest absolute Gasteiger partial charge is 0.461 e. The maximum absolute atomic E-state index is 11.7. The van der Waals surface area contributed by atoms with E-state index in [1.54, 1.807) is 24.3 Å². The smallest absolute Gasteiger partial charge is 0.303 e. The predicted octanol–water partition coefficient (Wildman–Crippen LogP) is 2.67. The average molecular weight is 527 g/mol. The van der Waals surface area contributed by atoms with Crippen LogP contribution in [0, 0.1) is 0 Å². The van der Waals surface area contributed by atoms with Crippen LogP contribution in [0.5, 0.6) is 5.75 Å². The molecular weight excluding hydrogens is 507 g/mol. The van der Waals surface area contributed by atoms with Gasteiger partial charge < -0.3 is 23.7 Å². The lowest BCUT2D eigenvalue weighted by atomic mass is 9.99. The van der Waals surface area contributed by atoms with Gasteiger partial charge in [0.2, 0.25) is 12.4 Å². The molecule has 1 aliphatic heterocycles. The second-order valence-electron chi connectivity index (χ2n) is 5.99. The molecule has 10 heteroatoms. The monoisotopic (exact) mass is 526 g/mol. The maximum atomic E-state index is 11.7. The number of esters is 3. The third kappa shape index (κ3) is 6.21. The fourth-order valence-corrected chi connectivity index (χ4v) is 3.56. The van der Waals surface area contributed by atoms with Gasteiger partial charge >= 0.3 is 17.9 Å². The Morgan fingerprint density at radius 3 is 1.93 bits per heavy atom. The van der Waals surface area contributed by atoms with Gasteiger partial charge in [-0.3, -0.25) is 14.4 Å². The lowest BCUT2D eigenvalue weighted by molar-refractivity contribution is -0.279. The van der Waals surface area contributed by atoms with Crippen LogP contribution in [0.25, 0.3) is 0 Å². The van der Waals surface area contributed by atoms with E-state index in [4.69, 9.17) is 35.3 Å². The summed E-state index contributed by atoms with van der Waals surface area (Å²) >= 11 is 7.94. The summed E-state index contributed by atoms with van der Waals surface area (Å²) in [6.45, 7) is 3.64. The Balaban J connectivity index is 2.38. The molecule has 1 aliphatic rings. The molecule has 28 heavy (non-hydrogen) atoms. The van der Waals surface area contributed by atoms with Crippen LogP contribution in [0.3, 0.4) is 0 Å². The zero-order chi connectivity index (χ0) is 20.8. The van der Waals surface area contributed by atoms with Gasteiger partial charge in [-0.1, -0.05) is 34.2 Å². The second kappa shape index (κ2) is 10.3. The normalized spacial score (nSPS) is 26.8. The molecule has 0 radical (unpaired) electrons. The second-order valence-corrected chi connectivity index (χ2v) is 7.31. The molecule has 0 saturated carbocycles. The third-order valence-electron chi connectivity index (χ3n) is 3.72. The molecule has 1 aromatic carbocycles. The van der Waals surface area contributed by atoms with Gasteiger partial charge in [0.1, 0.15) is 11.9 Å². The van der Waals surface area contributed by atoms with Crippen LogP contribution < -0.4 is 4.74 Å². The van der Waals surface area contributed by atoms with Crippen LogP contribution in [0.15, 0.2) is 24.3 Å². The van der Waals surface area contributed by atoms with Crippen molar-refractivity contribution in [3.63, 3.8) is 0 Å². The first-order valence-corrected chi connectivity index (χ1v) is 10.3. The van der Waals surface area contributed by atoms with E-state index < -0.39 is 48.6 Å². The topological polar surface area (TPSA) is 97.4 Å². The Labute approximate surface area is 180 Å². The molecule has 0 bridgehead atoms. The molecule has 154 valence electrons. The Morgan fingerprint density at radius 2 is 1.43 bits per heavy atom. The van der Waals surface area contributed by atoms with Crippen molar-refractivity contribution in [3.05, 3.63) is 29.3 Å². The Morgan fingerprint density at radius 1 is 0.929 bits per heavy atom. The first-order chi connectivity index (χ1) is 13.2. The molecule has 0 unspecified atom stereocenters. The number of alkyl halides is 1.